The third-order valence-corrected chi connectivity index (χ3v) is 2.71. The summed E-state index contributed by atoms with van der Waals surface area (Å²) in [5.41, 5.74) is 0.728. The highest BCUT2D eigenvalue weighted by molar-refractivity contribution is 5.50. The minimum atomic E-state index is -0.731. The number of anilines is 1. The van der Waals surface area contributed by atoms with Crippen LogP contribution in [0.5, 0.6) is 0 Å². The number of hydrogen-bond acceptors (Lipinski definition) is 2. The van der Waals surface area contributed by atoms with Gasteiger partial charge in [0.1, 0.15) is 0 Å². The Hall–Kier alpha value is -1.16. The van der Waals surface area contributed by atoms with Gasteiger partial charge in [0.2, 0.25) is 0 Å². The van der Waals surface area contributed by atoms with E-state index in [1.54, 1.807) is 19.1 Å². The second kappa shape index (κ2) is 4.14. The predicted molar refractivity (Wildman–Crippen MR) is 56.2 cm³/mol. The van der Waals surface area contributed by atoms with Crippen molar-refractivity contribution in [1.29, 1.82) is 0 Å². The van der Waals surface area contributed by atoms with Gasteiger partial charge in [0, 0.05) is 26.2 Å². The zero-order valence-electron chi connectivity index (χ0n) is 8.69. The van der Waals surface area contributed by atoms with E-state index in [1.165, 1.54) is 0 Å². The zero-order valence-corrected chi connectivity index (χ0v) is 8.69. The normalized spacial score (nSPS) is 16.9. The standard InChI is InChI=1S/C11H14F2N2/c1-8-2-3-9(11(13)10(8)12)15-6-4-14-5-7-15/h2-3,14H,4-7H2,1H3. The molecule has 0 saturated carbocycles. The molecule has 1 aliphatic heterocycles. The topological polar surface area (TPSA) is 15.3 Å². The second-order valence-corrected chi connectivity index (χ2v) is 3.77. The molecular formula is C11H14F2N2. The molecule has 0 atom stereocenters. The van der Waals surface area contributed by atoms with E-state index in [4.69, 9.17) is 0 Å². The molecule has 0 aromatic heterocycles. The summed E-state index contributed by atoms with van der Waals surface area (Å²) < 4.78 is 26.9. The van der Waals surface area contributed by atoms with Gasteiger partial charge in [-0.25, -0.2) is 8.78 Å². The van der Waals surface area contributed by atoms with Crippen LogP contribution in [-0.2, 0) is 0 Å². The van der Waals surface area contributed by atoms with Crippen molar-refractivity contribution in [3.8, 4) is 0 Å². The number of nitrogens with zero attached hydrogens (tertiary/aromatic N) is 1. The van der Waals surface area contributed by atoms with E-state index in [-0.39, 0.29) is 0 Å². The summed E-state index contributed by atoms with van der Waals surface area (Å²) in [6.07, 6.45) is 0. The van der Waals surface area contributed by atoms with Crippen LogP contribution in [-0.4, -0.2) is 26.2 Å². The van der Waals surface area contributed by atoms with Crippen molar-refractivity contribution in [2.45, 2.75) is 6.92 Å². The lowest BCUT2D eigenvalue weighted by atomic mass is 10.1. The molecule has 0 aliphatic carbocycles. The Bertz CT molecular complexity index is 360. The van der Waals surface area contributed by atoms with E-state index in [0.29, 0.717) is 11.3 Å². The van der Waals surface area contributed by atoms with E-state index in [9.17, 15) is 8.78 Å². The van der Waals surface area contributed by atoms with Gasteiger partial charge in [0.25, 0.3) is 0 Å². The Morgan fingerprint density at radius 1 is 1.13 bits per heavy atom. The fourth-order valence-corrected chi connectivity index (χ4v) is 1.79. The Morgan fingerprint density at radius 3 is 2.47 bits per heavy atom. The maximum absolute atomic E-state index is 13.6. The molecule has 0 amide bonds. The highest BCUT2D eigenvalue weighted by Gasteiger charge is 2.17. The lowest BCUT2D eigenvalue weighted by molar-refractivity contribution is 0.494. The highest BCUT2D eigenvalue weighted by Crippen LogP contribution is 2.23. The minimum absolute atomic E-state index is 0.353. The highest BCUT2D eigenvalue weighted by atomic mass is 19.2. The number of benzene rings is 1. The first-order valence-corrected chi connectivity index (χ1v) is 5.10. The first-order valence-electron chi connectivity index (χ1n) is 5.10. The molecule has 4 heteroatoms. The SMILES string of the molecule is Cc1ccc(N2CCNCC2)c(F)c1F. The van der Waals surface area contributed by atoms with Crippen LogP contribution in [0.3, 0.4) is 0 Å². The number of aryl methyl sites for hydroxylation is 1. The van der Waals surface area contributed by atoms with E-state index in [1.807, 2.05) is 4.90 Å². The molecule has 1 aromatic carbocycles. The van der Waals surface area contributed by atoms with E-state index < -0.39 is 11.6 Å². The molecular weight excluding hydrogens is 198 g/mol. The van der Waals surface area contributed by atoms with Crippen LogP contribution in [0.4, 0.5) is 14.5 Å². The molecule has 15 heavy (non-hydrogen) atoms. The largest absolute Gasteiger partial charge is 0.367 e. The summed E-state index contributed by atoms with van der Waals surface area (Å²) in [5, 5.41) is 3.17. The Morgan fingerprint density at radius 2 is 1.80 bits per heavy atom. The van der Waals surface area contributed by atoms with Crippen molar-refractivity contribution in [3.05, 3.63) is 29.3 Å². The molecule has 1 aliphatic rings. The summed E-state index contributed by atoms with van der Waals surface area (Å²) in [4.78, 5) is 1.87. The van der Waals surface area contributed by atoms with Crippen LogP contribution in [0.1, 0.15) is 5.56 Å². The van der Waals surface area contributed by atoms with E-state index >= 15 is 0 Å². The van der Waals surface area contributed by atoms with Crippen LogP contribution >= 0.6 is 0 Å². The minimum Gasteiger partial charge on any atom is -0.367 e. The van der Waals surface area contributed by atoms with Gasteiger partial charge >= 0.3 is 0 Å². The number of rotatable bonds is 1. The van der Waals surface area contributed by atoms with Crippen molar-refractivity contribution < 1.29 is 8.78 Å². The smallest absolute Gasteiger partial charge is 0.182 e. The Labute approximate surface area is 87.9 Å². The Kier molecular flexibility index (Phi) is 2.86. The molecule has 2 nitrogen and oxygen atoms in total. The average molecular weight is 212 g/mol. The molecule has 0 radical (unpaired) electrons. The average Bonchev–Trinajstić information content (AvgIpc) is 2.27. The first-order chi connectivity index (χ1) is 7.20. The van der Waals surface area contributed by atoms with E-state index in [0.717, 1.165) is 26.2 Å². The van der Waals surface area contributed by atoms with E-state index in [2.05, 4.69) is 5.32 Å². The lowest BCUT2D eigenvalue weighted by Gasteiger charge is -2.29. The molecule has 1 heterocycles. The predicted octanol–water partition coefficient (Wildman–Crippen LogP) is 1.68. The van der Waals surface area contributed by atoms with Gasteiger partial charge in [-0.15, -0.1) is 0 Å². The van der Waals surface area contributed by atoms with Crippen LogP contribution < -0.4 is 10.2 Å². The zero-order chi connectivity index (χ0) is 10.8. The molecule has 0 unspecified atom stereocenters. The summed E-state index contributed by atoms with van der Waals surface area (Å²) in [5.74, 6) is -1.46. The third-order valence-electron chi connectivity index (χ3n) is 2.71. The van der Waals surface area contributed by atoms with Crippen LogP contribution in [0.15, 0.2) is 12.1 Å². The van der Waals surface area contributed by atoms with Gasteiger partial charge in [-0.05, 0) is 18.6 Å². The quantitative estimate of drug-likeness (QED) is 0.762. The van der Waals surface area contributed by atoms with Crippen molar-refractivity contribution >= 4 is 5.69 Å². The van der Waals surface area contributed by atoms with Crippen molar-refractivity contribution in [2.24, 2.45) is 0 Å². The van der Waals surface area contributed by atoms with Crippen molar-refractivity contribution in [2.75, 3.05) is 31.1 Å². The van der Waals surface area contributed by atoms with Gasteiger partial charge in [-0.1, -0.05) is 6.07 Å². The molecule has 1 saturated heterocycles. The maximum Gasteiger partial charge on any atom is 0.182 e. The second-order valence-electron chi connectivity index (χ2n) is 3.77. The maximum atomic E-state index is 13.6. The molecule has 0 bridgehead atoms. The number of hydrogen-bond donors (Lipinski definition) is 1. The van der Waals surface area contributed by atoms with Crippen molar-refractivity contribution in [3.63, 3.8) is 0 Å². The fourth-order valence-electron chi connectivity index (χ4n) is 1.79. The molecule has 2 rings (SSSR count). The number of nitrogens with one attached hydrogen (secondary N) is 1. The monoisotopic (exact) mass is 212 g/mol. The third kappa shape index (κ3) is 1.95. The van der Waals surface area contributed by atoms with Gasteiger partial charge in [0.05, 0.1) is 5.69 Å². The molecule has 1 N–H and O–H groups in total. The summed E-state index contributed by atoms with van der Waals surface area (Å²) in [6, 6.07) is 3.27. The number of halogens is 2. The number of piperazine rings is 1. The van der Waals surface area contributed by atoms with Crippen LogP contribution in [0, 0.1) is 18.6 Å². The fraction of sp³-hybridized carbons (Fsp3) is 0.455. The molecule has 0 spiro atoms. The van der Waals surface area contributed by atoms with Crippen LogP contribution in [0.2, 0.25) is 0 Å². The van der Waals surface area contributed by atoms with Gasteiger partial charge in [-0.3, -0.25) is 0 Å². The van der Waals surface area contributed by atoms with Crippen molar-refractivity contribution in [1.82, 2.24) is 5.32 Å². The lowest BCUT2D eigenvalue weighted by Crippen LogP contribution is -2.44. The van der Waals surface area contributed by atoms with Crippen LogP contribution in [0.25, 0.3) is 0 Å². The Balaban J connectivity index is 2.31. The summed E-state index contributed by atoms with van der Waals surface area (Å²) in [6.45, 7) is 4.64. The summed E-state index contributed by atoms with van der Waals surface area (Å²) >= 11 is 0. The molecule has 1 fully saturated rings. The van der Waals surface area contributed by atoms with Gasteiger partial charge in [-0.2, -0.15) is 0 Å². The molecule has 82 valence electrons. The summed E-state index contributed by atoms with van der Waals surface area (Å²) in [7, 11) is 0. The molecule has 1 aromatic rings. The van der Waals surface area contributed by atoms with Gasteiger partial charge in [0.15, 0.2) is 11.6 Å². The first kappa shape index (κ1) is 10.4. The van der Waals surface area contributed by atoms with Gasteiger partial charge < -0.3 is 10.2 Å².